The quantitative estimate of drug-likeness (QED) is 0.788. The van der Waals surface area contributed by atoms with Gasteiger partial charge in [0.15, 0.2) is 0 Å². The molecule has 0 aliphatic carbocycles. The summed E-state index contributed by atoms with van der Waals surface area (Å²) in [7, 11) is 1.42. The largest absolute Gasteiger partial charge is 0.469 e. The standard InChI is InChI=1S/C15H23NO2/c1-5-16-14(10-15(17)18-4)13-8-6-12(7-9-13)11(2)3/h6-9,11,14,16H,5,10H2,1-4H3. The molecule has 0 heterocycles. The summed E-state index contributed by atoms with van der Waals surface area (Å²) in [5.74, 6) is 0.339. The monoisotopic (exact) mass is 249 g/mol. The molecule has 0 amide bonds. The van der Waals surface area contributed by atoms with Crippen LogP contribution in [0.4, 0.5) is 0 Å². The Kier molecular flexibility index (Phi) is 5.86. The van der Waals surface area contributed by atoms with E-state index in [0.29, 0.717) is 12.3 Å². The highest BCUT2D eigenvalue weighted by molar-refractivity contribution is 5.70. The summed E-state index contributed by atoms with van der Waals surface area (Å²) < 4.78 is 4.73. The molecule has 1 rings (SSSR count). The van der Waals surface area contributed by atoms with E-state index in [0.717, 1.165) is 12.1 Å². The molecule has 1 aromatic rings. The molecule has 0 radical (unpaired) electrons. The SMILES string of the molecule is CCNC(CC(=O)OC)c1ccc(C(C)C)cc1. The number of methoxy groups -OCH3 is 1. The van der Waals surface area contributed by atoms with Crippen LogP contribution in [0.2, 0.25) is 0 Å². The maximum absolute atomic E-state index is 11.4. The Morgan fingerprint density at radius 3 is 2.22 bits per heavy atom. The first-order valence-corrected chi connectivity index (χ1v) is 6.48. The molecule has 0 fully saturated rings. The molecule has 0 aromatic heterocycles. The third-order valence-corrected chi connectivity index (χ3v) is 3.05. The van der Waals surface area contributed by atoms with E-state index in [1.54, 1.807) is 0 Å². The zero-order valence-electron chi connectivity index (χ0n) is 11.7. The Morgan fingerprint density at radius 1 is 1.22 bits per heavy atom. The number of esters is 1. The molecule has 0 spiro atoms. The summed E-state index contributed by atoms with van der Waals surface area (Å²) in [6.07, 6.45) is 0.366. The second kappa shape index (κ2) is 7.17. The fraction of sp³-hybridized carbons (Fsp3) is 0.533. The van der Waals surface area contributed by atoms with Crippen LogP contribution in [0.25, 0.3) is 0 Å². The predicted molar refractivity (Wildman–Crippen MR) is 73.6 cm³/mol. The number of nitrogens with one attached hydrogen (secondary N) is 1. The van der Waals surface area contributed by atoms with E-state index in [-0.39, 0.29) is 12.0 Å². The number of rotatable bonds is 6. The minimum Gasteiger partial charge on any atom is -0.469 e. The average molecular weight is 249 g/mol. The maximum Gasteiger partial charge on any atom is 0.307 e. The van der Waals surface area contributed by atoms with Crippen LogP contribution < -0.4 is 5.32 Å². The summed E-state index contributed by atoms with van der Waals surface area (Å²) in [6, 6.07) is 8.46. The van der Waals surface area contributed by atoms with Gasteiger partial charge < -0.3 is 10.1 Å². The molecule has 0 saturated heterocycles. The lowest BCUT2D eigenvalue weighted by atomic mass is 9.98. The fourth-order valence-electron chi connectivity index (χ4n) is 1.92. The van der Waals surface area contributed by atoms with Crippen LogP contribution in [0.15, 0.2) is 24.3 Å². The van der Waals surface area contributed by atoms with Gasteiger partial charge in [0, 0.05) is 6.04 Å². The third kappa shape index (κ3) is 4.15. The molecule has 1 atom stereocenters. The zero-order chi connectivity index (χ0) is 13.5. The Balaban J connectivity index is 2.81. The summed E-state index contributed by atoms with van der Waals surface area (Å²) in [4.78, 5) is 11.4. The minimum atomic E-state index is -0.186. The highest BCUT2D eigenvalue weighted by Gasteiger charge is 2.15. The minimum absolute atomic E-state index is 0.0312. The van der Waals surface area contributed by atoms with Crippen molar-refractivity contribution in [1.29, 1.82) is 0 Å². The molecule has 3 nitrogen and oxygen atoms in total. The molecule has 1 unspecified atom stereocenters. The topological polar surface area (TPSA) is 38.3 Å². The van der Waals surface area contributed by atoms with Gasteiger partial charge in [-0.1, -0.05) is 45.0 Å². The molecule has 18 heavy (non-hydrogen) atoms. The van der Waals surface area contributed by atoms with Crippen LogP contribution in [0.3, 0.4) is 0 Å². The molecule has 3 heteroatoms. The summed E-state index contributed by atoms with van der Waals surface area (Å²) in [6.45, 7) is 7.21. The molecule has 0 saturated carbocycles. The van der Waals surface area contributed by atoms with E-state index in [4.69, 9.17) is 4.74 Å². The molecule has 0 aliphatic heterocycles. The van der Waals surface area contributed by atoms with Crippen molar-refractivity contribution in [2.75, 3.05) is 13.7 Å². The van der Waals surface area contributed by atoms with E-state index in [1.165, 1.54) is 12.7 Å². The molecule has 0 aliphatic rings. The van der Waals surface area contributed by atoms with E-state index in [2.05, 4.69) is 43.4 Å². The molecular weight excluding hydrogens is 226 g/mol. The van der Waals surface area contributed by atoms with Crippen molar-refractivity contribution < 1.29 is 9.53 Å². The number of carbonyl (C=O) groups excluding carboxylic acids is 1. The Bertz CT molecular complexity index is 371. The smallest absolute Gasteiger partial charge is 0.307 e. The fourth-order valence-corrected chi connectivity index (χ4v) is 1.92. The van der Waals surface area contributed by atoms with Gasteiger partial charge in [-0.2, -0.15) is 0 Å². The summed E-state index contributed by atoms with van der Waals surface area (Å²) in [5.41, 5.74) is 2.44. The lowest BCUT2D eigenvalue weighted by Gasteiger charge is -2.18. The van der Waals surface area contributed by atoms with E-state index >= 15 is 0 Å². The summed E-state index contributed by atoms with van der Waals surface area (Å²) >= 11 is 0. The van der Waals surface area contributed by atoms with Gasteiger partial charge in [0.25, 0.3) is 0 Å². The zero-order valence-corrected chi connectivity index (χ0v) is 11.7. The molecule has 0 bridgehead atoms. The Labute approximate surface area is 110 Å². The first kappa shape index (κ1) is 14.7. The normalized spacial score (nSPS) is 12.5. The number of hydrogen-bond donors (Lipinski definition) is 1. The van der Waals surface area contributed by atoms with Gasteiger partial charge in [0.2, 0.25) is 0 Å². The van der Waals surface area contributed by atoms with Crippen LogP contribution in [0.1, 0.15) is 50.3 Å². The van der Waals surface area contributed by atoms with Crippen molar-refractivity contribution in [2.24, 2.45) is 0 Å². The van der Waals surface area contributed by atoms with Crippen molar-refractivity contribution in [2.45, 2.75) is 39.2 Å². The molecule has 1 N–H and O–H groups in total. The van der Waals surface area contributed by atoms with Gasteiger partial charge in [0.1, 0.15) is 0 Å². The van der Waals surface area contributed by atoms with Gasteiger partial charge in [0.05, 0.1) is 13.5 Å². The van der Waals surface area contributed by atoms with Crippen molar-refractivity contribution in [3.63, 3.8) is 0 Å². The Hall–Kier alpha value is -1.35. The van der Waals surface area contributed by atoms with Crippen molar-refractivity contribution >= 4 is 5.97 Å². The number of benzene rings is 1. The number of ether oxygens (including phenoxy) is 1. The van der Waals surface area contributed by atoms with Crippen LogP contribution >= 0.6 is 0 Å². The van der Waals surface area contributed by atoms with Crippen molar-refractivity contribution in [1.82, 2.24) is 5.32 Å². The predicted octanol–water partition coefficient (Wildman–Crippen LogP) is 3.02. The van der Waals surface area contributed by atoms with E-state index < -0.39 is 0 Å². The lowest BCUT2D eigenvalue weighted by molar-refractivity contribution is -0.141. The average Bonchev–Trinajstić information content (AvgIpc) is 2.38. The van der Waals surface area contributed by atoms with E-state index in [9.17, 15) is 4.79 Å². The highest BCUT2D eigenvalue weighted by atomic mass is 16.5. The van der Waals surface area contributed by atoms with Crippen LogP contribution in [-0.2, 0) is 9.53 Å². The van der Waals surface area contributed by atoms with Gasteiger partial charge in [-0.3, -0.25) is 4.79 Å². The maximum atomic E-state index is 11.4. The molecular formula is C15H23NO2. The van der Waals surface area contributed by atoms with Gasteiger partial charge in [-0.15, -0.1) is 0 Å². The highest BCUT2D eigenvalue weighted by Crippen LogP contribution is 2.21. The second-order valence-electron chi connectivity index (χ2n) is 4.71. The van der Waals surface area contributed by atoms with Crippen molar-refractivity contribution in [3.8, 4) is 0 Å². The first-order chi connectivity index (χ1) is 8.58. The first-order valence-electron chi connectivity index (χ1n) is 6.48. The van der Waals surface area contributed by atoms with Gasteiger partial charge in [-0.05, 0) is 23.6 Å². The van der Waals surface area contributed by atoms with Crippen LogP contribution in [0.5, 0.6) is 0 Å². The Morgan fingerprint density at radius 2 is 1.78 bits per heavy atom. The number of hydrogen-bond acceptors (Lipinski definition) is 3. The van der Waals surface area contributed by atoms with Crippen LogP contribution in [-0.4, -0.2) is 19.6 Å². The second-order valence-corrected chi connectivity index (χ2v) is 4.71. The molecule has 1 aromatic carbocycles. The lowest BCUT2D eigenvalue weighted by Crippen LogP contribution is -2.24. The van der Waals surface area contributed by atoms with Crippen molar-refractivity contribution in [3.05, 3.63) is 35.4 Å². The summed E-state index contributed by atoms with van der Waals surface area (Å²) in [5, 5.41) is 3.31. The van der Waals surface area contributed by atoms with Gasteiger partial charge in [-0.25, -0.2) is 0 Å². The third-order valence-electron chi connectivity index (χ3n) is 3.05. The number of carbonyl (C=O) groups is 1. The van der Waals surface area contributed by atoms with E-state index in [1.807, 2.05) is 6.92 Å². The van der Waals surface area contributed by atoms with Crippen LogP contribution in [0, 0.1) is 0 Å². The molecule has 100 valence electrons. The van der Waals surface area contributed by atoms with Gasteiger partial charge >= 0.3 is 5.97 Å².